The molecule has 2 aliphatic rings. The van der Waals surface area contributed by atoms with E-state index < -0.39 is 5.60 Å². The van der Waals surface area contributed by atoms with Gasteiger partial charge in [-0.1, -0.05) is 31.9 Å². The lowest BCUT2D eigenvalue weighted by molar-refractivity contribution is -0.0197. The largest absolute Gasteiger partial charge is 0.493 e. The zero-order valence-electron chi connectivity index (χ0n) is 11.8. The van der Waals surface area contributed by atoms with Gasteiger partial charge in [-0.2, -0.15) is 0 Å². The molecule has 19 heavy (non-hydrogen) atoms. The molecule has 1 saturated carbocycles. The molecule has 1 heterocycles. The molecule has 0 spiro atoms. The number of benzene rings is 1. The first-order valence-corrected chi connectivity index (χ1v) is 7.62. The van der Waals surface area contributed by atoms with Crippen LogP contribution in [0.5, 0.6) is 5.75 Å². The Hall–Kier alpha value is -1.02. The van der Waals surface area contributed by atoms with Gasteiger partial charge in [0.05, 0.1) is 12.2 Å². The number of aryl methyl sites for hydroxylation is 1. The van der Waals surface area contributed by atoms with E-state index in [-0.39, 0.29) is 0 Å². The minimum atomic E-state index is -0.423. The zero-order valence-corrected chi connectivity index (χ0v) is 11.8. The van der Waals surface area contributed by atoms with Crippen molar-refractivity contribution in [3.63, 3.8) is 0 Å². The Labute approximate surface area is 115 Å². The quantitative estimate of drug-likeness (QED) is 0.901. The molecule has 1 N–H and O–H groups in total. The van der Waals surface area contributed by atoms with Crippen LogP contribution in [0.15, 0.2) is 18.2 Å². The van der Waals surface area contributed by atoms with Crippen LogP contribution >= 0.6 is 0 Å². The summed E-state index contributed by atoms with van der Waals surface area (Å²) in [4.78, 5) is 0. The van der Waals surface area contributed by atoms with Gasteiger partial charge >= 0.3 is 0 Å². The molecule has 3 rings (SSSR count). The molecule has 0 amide bonds. The maximum Gasteiger partial charge on any atom is 0.122 e. The molecule has 1 aromatic carbocycles. The van der Waals surface area contributed by atoms with E-state index in [9.17, 15) is 5.11 Å². The fraction of sp³-hybridized carbons (Fsp3) is 0.647. The van der Waals surface area contributed by atoms with E-state index in [0.717, 1.165) is 44.5 Å². The van der Waals surface area contributed by atoms with Crippen molar-refractivity contribution in [2.45, 2.75) is 57.5 Å². The summed E-state index contributed by atoms with van der Waals surface area (Å²) in [6.45, 7) is 3.08. The standard InChI is InChI=1S/C17H24O2/c1-13-3-2-8-17(18,12-13)9-6-14-4-5-16-15(11-14)7-10-19-16/h4-5,11,13,18H,2-3,6-10,12H2,1H3. The van der Waals surface area contributed by atoms with Gasteiger partial charge in [-0.05, 0) is 48.8 Å². The Bertz CT molecular complexity index is 455. The molecule has 0 radical (unpaired) electrons. The minimum Gasteiger partial charge on any atom is -0.493 e. The second-order valence-corrected chi connectivity index (χ2v) is 6.47. The normalized spacial score (nSPS) is 29.9. The Morgan fingerprint density at radius 2 is 2.32 bits per heavy atom. The molecular weight excluding hydrogens is 236 g/mol. The zero-order chi connectivity index (χ0) is 13.3. The Kier molecular flexibility index (Phi) is 3.53. The highest BCUT2D eigenvalue weighted by atomic mass is 16.5. The average molecular weight is 260 g/mol. The van der Waals surface area contributed by atoms with Gasteiger partial charge < -0.3 is 9.84 Å². The van der Waals surface area contributed by atoms with Crippen LogP contribution in [0.3, 0.4) is 0 Å². The Morgan fingerprint density at radius 1 is 1.42 bits per heavy atom. The lowest BCUT2D eigenvalue weighted by Crippen LogP contribution is -2.35. The van der Waals surface area contributed by atoms with Crippen LogP contribution in [0.1, 0.15) is 50.2 Å². The highest BCUT2D eigenvalue weighted by Crippen LogP contribution is 2.35. The summed E-state index contributed by atoms with van der Waals surface area (Å²) in [5.74, 6) is 1.72. The van der Waals surface area contributed by atoms with Gasteiger partial charge in [0, 0.05) is 6.42 Å². The molecule has 2 heteroatoms. The van der Waals surface area contributed by atoms with Crippen molar-refractivity contribution in [2.75, 3.05) is 6.61 Å². The predicted octanol–water partition coefficient (Wildman–Crippen LogP) is 3.50. The summed E-state index contributed by atoms with van der Waals surface area (Å²) < 4.78 is 5.53. The van der Waals surface area contributed by atoms with Gasteiger partial charge in [0.15, 0.2) is 0 Å². The molecule has 1 aliphatic heterocycles. The maximum atomic E-state index is 10.7. The van der Waals surface area contributed by atoms with Gasteiger partial charge in [-0.25, -0.2) is 0 Å². The molecule has 0 bridgehead atoms. The Balaban J connectivity index is 1.62. The van der Waals surface area contributed by atoms with Crippen LogP contribution in [0.2, 0.25) is 0 Å². The first-order valence-electron chi connectivity index (χ1n) is 7.62. The van der Waals surface area contributed by atoms with Crippen LogP contribution in [0, 0.1) is 5.92 Å². The van der Waals surface area contributed by atoms with E-state index in [1.165, 1.54) is 24.0 Å². The summed E-state index contributed by atoms with van der Waals surface area (Å²) in [5.41, 5.74) is 2.25. The smallest absolute Gasteiger partial charge is 0.122 e. The number of ether oxygens (including phenoxy) is 1. The summed E-state index contributed by atoms with van der Waals surface area (Å²) in [7, 11) is 0. The lowest BCUT2D eigenvalue weighted by atomic mass is 9.76. The highest BCUT2D eigenvalue weighted by molar-refractivity contribution is 5.39. The van der Waals surface area contributed by atoms with E-state index in [2.05, 4.69) is 25.1 Å². The highest BCUT2D eigenvalue weighted by Gasteiger charge is 2.32. The number of hydrogen-bond donors (Lipinski definition) is 1. The third-order valence-electron chi connectivity index (χ3n) is 4.70. The third kappa shape index (κ3) is 2.94. The molecule has 104 valence electrons. The van der Waals surface area contributed by atoms with Crippen LogP contribution in [-0.2, 0) is 12.8 Å². The fourth-order valence-corrected chi connectivity index (χ4v) is 3.63. The van der Waals surface area contributed by atoms with Crippen molar-refractivity contribution >= 4 is 0 Å². The van der Waals surface area contributed by atoms with Crippen LogP contribution in [0.25, 0.3) is 0 Å². The first-order chi connectivity index (χ1) is 9.15. The average Bonchev–Trinajstić information content (AvgIpc) is 2.83. The fourth-order valence-electron chi connectivity index (χ4n) is 3.63. The molecule has 2 atom stereocenters. The van der Waals surface area contributed by atoms with Gasteiger partial charge in [0.1, 0.15) is 5.75 Å². The minimum absolute atomic E-state index is 0.423. The number of rotatable bonds is 3. The van der Waals surface area contributed by atoms with Crippen molar-refractivity contribution in [3.8, 4) is 5.75 Å². The van der Waals surface area contributed by atoms with Crippen molar-refractivity contribution in [3.05, 3.63) is 29.3 Å². The van der Waals surface area contributed by atoms with Gasteiger partial charge in [-0.15, -0.1) is 0 Å². The second-order valence-electron chi connectivity index (χ2n) is 6.47. The topological polar surface area (TPSA) is 29.5 Å². The molecular formula is C17H24O2. The molecule has 1 aromatic rings. The first kappa shape index (κ1) is 13.0. The summed E-state index contributed by atoms with van der Waals surface area (Å²) in [6.07, 6.45) is 7.32. The van der Waals surface area contributed by atoms with E-state index in [1.807, 2.05) is 0 Å². The second kappa shape index (κ2) is 5.16. The van der Waals surface area contributed by atoms with Crippen LogP contribution in [0.4, 0.5) is 0 Å². The molecule has 2 nitrogen and oxygen atoms in total. The van der Waals surface area contributed by atoms with Crippen LogP contribution in [-0.4, -0.2) is 17.3 Å². The van der Waals surface area contributed by atoms with Gasteiger partial charge in [0.2, 0.25) is 0 Å². The van der Waals surface area contributed by atoms with E-state index in [0.29, 0.717) is 5.92 Å². The van der Waals surface area contributed by atoms with Crippen molar-refractivity contribution in [1.82, 2.24) is 0 Å². The number of hydrogen-bond acceptors (Lipinski definition) is 2. The molecule has 0 saturated heterocycles. The summed E-state index contributed by atoms with van der Waals surface area (Å²) >= 11 is 0. The summed E-state index contributed by atoms with van der Waals surface area (Å²) in [6, 6.07) is 6.50. The summed E-state index contributed by atoms with van der Waals surface area (Å²) in [5, 5.41) is 10.7. The van der Waals surface area contributed by atoms with Crippen molar-refractivity contribution in [1.29, 1.82) is 0 Å². The molecule has 2 unspecified atom stereocenters. The van der Waals surface area contributed by atoms with Crippen molar-refractivity contribution < 1.29 is 9.84 Å². The van der Waals surface area contributed by atoms with Gasteiger partial charge in [0.25, 0.3) is 0 Å². The van der Waals surface area contributed by atoms with E-state index >= 15 is 0 Å². The molecule has 0 aromatic heterocycles. The van der Waals surface area contributed by atoms with E-state index in [4.69, 9.17) is 4.74 Å². The molecule has 1 fully saturated rings. The van der Waals surface area contributed by atoms with Crippen molar-refractivity contribution in [2.24, 2.45) is 5.92 Å². The SMILES string of the molecule is CC1CCCC(O)(CCc2ccc3c(c2)CCO3)C1. The van der Waals surface area contributed by atoms with Crippen LogP contribution < -0.4 is 4.74 Å². The van der Waals surface area contributed by atoms with Gasteiger partial charge in [-0.3, -0.25) is 0 Å². The maximum absolute atomic E-state index is 10.7. The number of fused-ring (bicyclic) bond motifs is 1. The molecule has 1 aliphatic carbocycles. The van der Waals surface area contributed by atoms with E-state index in [1.54, 1.807) is 0 Å². The monoisotopic (exact) mass is 260 g/mol. The third-order valence-corrected chi connectivity index (χ3v) is 4.70. The number of aliphatic hydroxyl groups is 1. The lowest BCUT2D eigenvalue weighted by Gasteiger charge is -2.35. The predicted molar refractivity (Wildman–Crippen MR) is 76.5 cm³/mol. The Morgan fingerprint density at radius 3 is 3.16 bits per heavy atom.